The van der Waals surface area contributed by atoms with Crippen LogP contribution in [0.5, 0.6) is 23.0 Å². The lowest BCUT2D eigenvalue weighted by Gasteiger charge is -2.34. The molecule has 35 heavy (non-hydrogen) atoms. The van der Waals surface area contributed by atoms with Crippen molar-refractivity contribution in [2.75, 3.05) is 61.6 Å². The molecular weight excluding hydrogens is 468 g/mol. The zero-order valence-corrected chi connectivity index (χ0v) is 21.8. The molecule has 0 unspecified atom stereocenters. The molecular formula is C27H37ClN2O5. The Morgan fingerprint density at radius 2 is 1.51 bits per heavy atom. The van der Waals surface area contributed by atoms with Gasteiger partial charge in [0.25, 0.3) is 0 Å². The summed E-state index contributed by atoms with van der Waals surface area (Å²) in [7, 11) is 7.70. The third-order valence-electron chi connectivity index (χ3n) is 6.58. The maximum Gasteiger partial charge on any atom is 0.227 e. The van der Waals surface area contributed by atoms with Crippen molar-refractivity contribution in [1.82, 2.24) is 9.80 Å². The molecule has 1 heterocycles. The molecule has 2 aromatic carbocycles. The van der Waals surface area contributed by atoms with Crippen molar-refractivity contribution in [3.05, 3.63) is 46.5 Å². The highest BCUT2D eigenvalue weighted by atomic mass is 35.5. The second kappa shape index (κ2) is 11.9. The van der Waals surface area contributed by atoms with Gasteiger partial charge in [0.1, 0.15) is 0 Å². The van der Waals surface area contributed by atoms with Gasteiger partial charge in [-0.3, -0.25) is 4.79 Å². The first-order valence-electron chi connectivity index (χ1n) is 13.5. The van der Waals surface area contributed by atoms with Gasteiger partial charge in [0.15, 0.2) is 23.0 Å². The van der Waals surface area contributed by atoms with Crippen molar-refractivity contribution in [2.45, 2.75) is 31.6 Å². The first-order valence-corrected chi connectivity index (χ1v) is 11.5. The fourth-order valence-corrected chi connectivity index (χ4v) is 4.64. The third-order valence-corrected chi connectivity index (χ3v) is 6.58. The fourth-order valence-electron chi connectivity index (χ4n) is 4.64. The predicted octanol–water partition coefficient (Wildman–Crippen LogP) is 3.73. The molecule has 0 aromatic heterocycles. The Labute approximate surface area is 220 Å². The molecule has 1 aliphatic carbocycles. The van der Waals surface area contributed by atoms with Crippen LogP contribution in [0.3, 0.4) is 0 Å². The first kappa shape index (κ1) is 21.6. The Morgan fingerprint density at radius 3 is 2.14 bits per heavy atom. The van der Waals surface area contributed by atoms with Crippen molar-refractivity contribution in [2.24, 2.45) is 0 Å². The average molecular weight is 509 g/mol. The number of hydrogen-bond donors (Lipinski definition) is 0. The molecule has 192 valence electrons. The first-order chi connectivity index (χ1) is 18.0. The lowest BCUT2D eigenvalue weighted by molar-refractivity contribution is -0.130. The minimum atomic E-state index is -1.98. The van der Waals surface area contributed by atoms with E-state index in [1.165, 1.54) is 14.2 Å². The molecule has 0 saturated heterocycles. The number of carbonyl (C=O) groups is 1. The van der Waals surface area contributed by atoms with E-state index in [9.17, 15) is 4.79 Å². The molecule has 7 nitrogen and oxygen atoms in total. The summed E-state index contributed by atoms with van der Waals surface area (Å²) in [4.78, 5) is 15.9. The van der Waals surface area contributed by atoms with Crippen LogP contribution in [0, 0.1) is 0 Å². The van der Waals surface area contributed by atoms with Crippen LogP contribution in [0.4, 0.5) is 0 Å². The van der Waals surface area contributed by atoms with Gasteiger partial charge in [-0.25, -0.2) is 0 Å². The molecule has 1 atom stereocenters. The monoisotopic (exact) mass is 508 g/mol. The Hall–Kier alpha value is -2.64. The van der Waals surface area contributed by atoms with Gasteiger partial charge in [-0.2, -0.15) is 0 Å². The fraction of sp³-hybridized carbons (Fsp3) is 0.519. The Bertz CT molecular complexity index is 1210. The molecule has 0 fully saturated rings. The Balaban J connectivity index is 0.00000420. The lowest BCUT2D eigenvalue weighted by Crippen LogP contribution is -2.36. The second-order valence-corrected chi connectivity index (χ2v) is 8.54. The van der Waals surface area contributed by atoms with Crippen LogP contribution in [-0.2, 0) is 24.1 Å². The lowest BCUT2D eigenvalue weighted by atomic mass is 9.77. The van der Waals surface area contributed by atoms with Gasteiger partial charge in [0.05, 0.1) is 34.9 Å². The number of halogens is 1. The molecule has 2 aliphatic rings. The molecule has 8 heteroatoms. The molecule has 2 aromatic rings. The molecule has 0 bridgehead atoms. The molecule has 1 aliphatic heterocycles. The van der Waals surface area contributed by atoms with Crippen LogP contribution in [0.25, 0.3) is 0 Å². The number of carbonyl (C=O) groups excluding carboxylic acids is 1. The molecule has 0 radical (unpaired) electrons. The highest BCUT2D eigenvalue weighted by Gasteiger charge is 2.29. The topological polar surface area (TPSA) is 60.5 Å². The summed E-state index contributed by atoms with van der Waals surface area (Å²) in [5.41, 5.74) is 3.64. The van der Waals surface area contributed by atoms with E-state index in [0.29, 0.717) is 42.4 Å². The average Bonchev–Trinajstić information content (AvgIpc) is 3.03. The highest BCUT2D eigenvalue weighted by Crippen LogP contribution is 2.42. The number of fused-ring (bicyclic) bond motifs is 2. The van der Waals surface area contributed by atoms with Crippen LogP contribution in [0.2, 0.25) is 0 Å². The van der Waals surface area contributed by atoms with E-state index >= 15 is 0 Å². The maximum absolute atomic E-state index is 13.1. The summed E-state index contributed by atoms with van der Waals surface area (Å²) in [6, 6.07) is 7.36. The Morgan fingerprint density at radius 1 is 0.943 bits per heavy atom. The third kappa shape index (κ3) is 5.78. The van der Waals surface area contributed by atoms with Crippen molar-refractivity contribution >= 4 is 18.3 Å². The molecule has 1 amide bonds. The number of hydrogen-bond acceptors (Lipinski definition) is 6. The van der Waals surface area contributed by atoms with Gasteiger partial charge >= 0.3 is 0 Å². The smallest absolute Gasteiger partial charge is 0.227 e. The van der Waals surface area contributed by atoms with E-state index in [2.05, 4.69) is 0 Å². The number of rotatable bonds is 10. The van der Waals surface area contributed by atoms with Gasteiger partial charge < -0.3 is 28.7 Å². The molecule has 0 N–H and O–H groups in total. The Kier molecular flexibility index (Phi) is 7.33. The van der Waals surface area contributed by atoms with Gasteiger partial charge in [0.2, 0.25) is 5.91 Å². The number of likely N-dealkylation sites (N-methyl/N-ethyl adjacent to an activating group) is 1. The maximum atomic E-state index is 13.1. The standard InChI is InChI=1S/C27H36N2O5.ClH/c1-28(17-21-11-20-14-25(33-4)26(34-5)16-22(20)21)8-6-9-29-10-7-18-12-23(31-2)24(32-3)13-19(18)15-27(29)30;/h12-14,16,21H,6-11,15,17H2,1-5H3;1H/t21-;/m1./s1/i8D2,17D2;. The van der Waals surface area contributed by atoms with Crippen molar-refractivity contribution in [3.63, 3.8) is 0 Å². The van der Waals surface area contributed by atoms with Crippen LogP contribution in [0.1, 0.15) is 40.1 Å². The quantitative estimate of drug-likeness (QED) is 0.487. The zero-order valence-electron chi connectivity index (χ0n) is 25.0. The molecule has 4 rings (SSSR count). The number of nitrogens with zero attached hydrogens (tertiary/aromatic N) is 2. The van der Waals surface area contributed by atoms with Gasteiger partial charge in [-0.15, -0.1) is 12.4 Å². The van der Waals surface area contributed by atoms with E-state index in [1.54, 1.807) is 32.3 Å². The van der Waals surface area contributed by atoms with Crippen LogP contribution in [0.15, 0.2) is 24.3 Å². The SMILES string of the molecule is Cl.[2H]C([2H])(CCN1CCc2cc(OC)c(OC)cc2CC1=O)N(C)C([2H])([2H])[C@H]1Cc2cc(OC)c(OC)cc21. The summed E-state index contributed by atoms with van der Waals surface area (Å²) in [5.74, 6) is 1.69. The van der Waals surface area contributed by atoms with Crippen molar-refractivity contribution < 1.29 is 29.2 Å². The molecule has 0 saturated carbocycles. The van der Waals surface area contributed by atoms with Crippen LogP contribution < -0.4 is 18.9 Å². The van der Waals surface area contributed by atoms with E-state index < -0.39 is 18.9 Å². The summed E-state index contributed by atoms with van der Waals surface area (Å²) < 4.78 is 56.6. The van der Waals surface area contributed by atoms with Gasteiger partial charge in [-0.1, -0.05) is 0 Å². The van der Waals surface area contributed by atoms with E-state index in [0.717, 1.165) is 27.2 Å². The minimum Gasteiger partial charge on any atom is -0.493 e. The van der Waals surface area contributed by atoms with E-state index in [-0.39, 0.29) is 37.7 Å². The number of amides is 1. The summed E-state index contributed by atoms with van der Waals surface area (Å²) in [6.45, 7) is -3.31. The number of benzene rings is 2. The van der Waals surface area contributed by atoms with E-state index in [4.69, 9.17) is 24.4 Å². The predicted molar refractivity (Wildman–Crippen MR) is 139 cm³/mol. The number of ether oxygens (including phenoxy) is 4. The summed E-state index contributed by atoms with van der Waals surface area (Å²) >= 11 is 0. The van der Waals surface area contributed by atoms with Crippen LogP contribution >= 0.6 is 12.4 Å². The second-order valence-electron chi connectivity index (χ2n) is 8.54. The normalized spacial score (nSPS) is 19.0. The largest absolute Gasteiger partial charge is 0.493 e. The molecule has 0 spiro atoms. The summed E-state index contributed by atoms with van der Waals surface area (Å²) in [6.07, 6.45) is 1.26. The number of methoxy groups -OCH3 is 4. The highest BCUT2D eigenvalue weighted by molar-refractivity contribution is 5.85. The zero-order chi connectivity index (χ0) is 27.8. The van der Waals surface area contributed by atoms with Gasteiger partial charge in [0, 0.05) is 31.0 Å². The van der Waals surface area contributed by atoms with Crippen molar-refractivity contribution in [1.29, 1.82) is 0 Å². The van der Waals surface area contributed by atoms with E-state index in [1.807, 2.05) is 18.2 Å². The van der Waals surface area contributed by atoms with Gasteiger partial charge in [-0.05, 0) is 79.3 Å². The minimum absolute atomic E-state index is 0. The van der Waals surface area contributed by atoms with Crippen molar-refractivity contribution in [3.8, 4) is 23.0 Å². The summed E-state index contributed by atoms with van der Waals surface area (Å²) in [5, 5.41) is 0. The van der Waals surface area contributed by atoms with Crippen LogP contribution in [-0.4, -0.2) is 77.3 Å².